The first kappa shape index (κ1) is 14.3. The lowest BCUT2D eigenvalue weighted by atomic mass is 10.2. The molecule has 2 nitrogen and oxygen atoms in total. The van der Waals surface area contributed by atoms with Gasteiger partial charge >= 0.3 is 6.18 Å². The lowest BCUT2D eigenvalue weighted by molar-refractivity contribution is -0.153. The minimum Gasteiger partial charge on any atom is -0.484 e. The summed E-state index contributed by atoms with van der Waals surface area (Å²) in [5, 5.41) is 8.48. The first-order valence-corrected chi connectivity index (χ1v) is 5.01. The Morgan fingerprint density at radius 1 is 1.28 bits per heavy atom. The van der Waals surface area contributed by atoms with Gasteiger partial charge in [0, 0.05) is 12.5 Å². The van der Waals surface area contributed by atoms with Crippen LogP contribution in [0.2, 0.25) is 0 Å². The van der Waals surface area contributed by atoms with E-state index in [0.29, 0.717) is 0 Å². The van der Waals surface area contributed by atoms with Crippen molar-refractivity contribution in [2.24, 2.45) is 0 Å². The molecule has 1 aromatic carbocycles. The number of hydrogen-bond acceptors (Lipinski definition) is 2. The number of ether oxygens (including phenoxy) is 1. The summed E-state index contributed by atoms with van der Waals surface area (Å²) in [7, 11) is 0. The molecule has 0 aromatic heterocycles. The van der Waals surface area contributed by atoms with Gasteiger partial charge in [-0.25, -0.2) is 4.39 Å². The average Bonchev–Trinajstić information content (AvgIpc) is 2.28. The Kier molecular flexibility index (Phi) is 4.98. The zero-order valence-electron chi connectivity index (χ0n) is 9.22. The number of benzene rings is 1. The lowest BCUT2D eigenvalue weighted by Crippen LogP contribution is -2.19. The zero-order valence-corrected chi connectivity index (χ0v) is 9.22. The van der Waals surface area contributed by atoms with Gasteiger partial charge in [0.05, 0.1) is 12.2 Å². The molecule has 0 amide bonds. The van der Waals surface area contributed by atoms with Crippen molar-refractivity contribution < 1.29 is 27.4 Å². The second kappa shape index (κ2) is 6.26. The second-order valence-corrected chi connectivity index (χ2v) is 3.32. The monoisotopic (exact) mass is 262 g/mol. The maximum absolute atomic E-state index is 13.4. The number of hydrogen-bond donors (Lipinski definition) is 1. The lowest BCUT2D eigenvalue weighted by Gasteiger charge is -2.09. The van der Waals surface area contributed by atoms with Gasteiger partial charge in [0.25, 0.3) is 0 Å². The van der Waals surface area contributed by atoms with E-state index in [-0.39, 0.29) is 24.3 Å². The molecule has 0 fully saturated rings. The summed E-state index contributed by atoms with van der Waals surface area (Å²) < 4.78 is 53.3. The van der Waals surface area contributed by atoms with E-state index >= 15 is 0 Å². The van der Waals surface area contributed by atoms with Gasteiger partial charge in [-0.1, -0.05) is 11.8 Å². The van der Waals surface area contributed by atoms with E-state index in [1.54, 1.807) is 0 Å². The fourth-order valence-corrected chi connectivity index (χ4v) is 1.07. The molecule has 0 aliphatic rings. The minimum atomic E-state index is -4.46. The maximum atomic E-state index is 13.4. The zero-order chi connectivity index (χ0) is 13.6. The largest absolute Gasteiger partial charge is 0.484 e. The molecule has 98 valence electrons. The van der Waals surface area contributed by atoms with Gasteiger partial charge in [0.15, 0.2) is 6.61 Å². The first-order valence-electron chi connectivity index (χ1n) is 5.01. The fourth-order valence-electron chi connectivity index (χ4n) is 1.07. The van der Waals surface area contributed by atoms with Crippen LogP contribution < -0.4 is 4.74 Å². The highest BCUT2D eigenvalue weighted by molar-refractivity contribution is 5.39. The highest BCUT2D eigenvalue weighted by Gasteiger charge is 2.28. The van der Waals surface area contributed by atoms with Crippen molar-refractivity contribution in [3.05, 3.63) is 29.6 Å². The summed E-state index contributed by atoms with van der Waals surface area (Å²) >= 11 is 0. The molecular formula is C12H10F4O2. The highest BCUT2D eigenvalue weighted by atomic mass is 19.4. The van der Waals surface area contributed by atoms with E-state index in [1.165, 1.54) is 12.1 Å². The molecule has 1 rings (SSSR count). The predicted octanol–water partition coefficient (Wildman–Crippen LogP) is 2.50. The van der Waals surface area contributed by atoms with E-state index in [4.69, 9.17) is 5.11 Å². The van der Waals surface area contributed by atoms with Gasteiger partial charge in [0.2, 0.25) is 0 Å². The number of aliphatic hydroxyl groups is 1. The Balaban J connectivity index is 2.71. The molecule has 0 heterocycles. The number of aliphatic hydroxyl groups excluding tert-OH is 1. The van der Waals surface area contributed by atoms with Crippen molar-refractivity contribution >= 4 is 0 Å². The van der Waals surface area contributed by atoms with Crippen molar-refractivity contribution in [1.29, 1.82) is 0 Å². The van der Waals surface area contributed by atoms with Crippen LogP contribution in [0.15, 0.2) is 18.2 Å². The molecule has 1 N–H and O–H groups in total. The quantitative estimate of drug-likeness (QED) is 0.670. The van der Waals surface area contributed by atoms with Gasteiger partial charge < -0.3 is 9.84 Å². The maximum Gasteiger partial charge on any atom is 0.422 e. The van der Waals surface area contributed by atoms with Gasteiger partial charge in [-0.05, 0) is 12.1 Å². The van der Waals surface area contributed by atoms with E-state index in [9.17, 15) is 17.6 Å². The number of alkyl halides is 3. The van der Waals surface area contributed by atoms with Crippen LogP contribution in [-0.4, -0.2) is 24.5 Å². The molecule has 1 aromatic rings. The SMILES string of the molecule is OCCC#Cc1ccc(OCC(F)(F)F)cc1F. The van der Waals surface area contributed by atoms with Crippen LogP contribution in [0.5, 0.6) is 5.75 Å². The summed E-state index contributed by atoms with van der Waals surface area (Å²) in [5.41, 5.74) is 0.0443. The van der Waals surface area contributed by atoms with Crippen molar-refractivity contribution in [3.8, 4) is 17.6 Å². The summed E-state index contributed by atoms with van der Waals surface area (Å²) in [5.74, 6) is 3.98. The average molecular weight is 262 g/mol. The molecular weight excluding hydrogens is 252 g/mol. The molecule has 0 spiro atoms. The van der Waals surface area contributed by atoms with E-state index < -0.39 is 18.6 Å². The third-order valence-electron chi connectivity index (χ3n) is 1.80. The fraction of sp³-hybridized carbons (Fsp3) is 0.333. The van der Waals surface area contributed by atoms with Gasteiger partial charge in [0.1, 0.15) is 11.6 Å². The molecule has 0 unspecified atom stereocenters. The van der Waals surface area contributed by atoms with E-state index in [0.717, 1.165) is 6.07 Å². The first-order chi connectivity index (χ1) is 8.42. The van der Waals surface area contributed by atoms with E-state index in [1.807, 2.05) is 0 Å². The molecule has 6 heteroatoms. The number of halogens is 4. The van der Waals surface area contributed by atoms with Crippen LogP contribution in [0, 0.1) is 17.7 Å². The van der Waals surface area contributed by atoms with Crippen LogP contribution in [0.25, 0.3) is 0 Å². The molecule has 0 saturated carbocycles. The smallest absolute Gasteiger partial charge is 0.422 e. The number of rotatable bonds is 3. The molecule has 0 bridgehead atoms. The summed E-state index contributed by atoms with van der Waals surface area (Å²) in [6, 6.07) is 3.28. The third kappa shape index (κ3) is 5.06. The molecule has 0 saturated heterocycles. The molecule has 0 aliphatic carbocycles. The van der Waals surface area contributed by atoms with E-state index in [2.05, 4.69) is 16.6 Å². The second-order valence-electron chi connectivity index (χ2n) is 3.32. The molecule has 0 radical (unpaired) electrons. The Morgan fingerprint density at radius 2 is 2.00 bits per heavy atom. The van der Waals surface area contributed by atoms with Gasteiger partial charge in [-0.2, -0.15) is 13.2 Å². The van der Waals surface area contributed by atoms with Crippen LogP contribution in [0.3, 0.4) is 0 Å². The summed E-state index contributed by atoms with van der Waals surface area (Å²) in [6.07, 6.45) is -4.26. The third-order valence-corrected chi connectivity index (χ3v) is 1.80. The summed E-state index contributed by atoms with van der Waals surface area (Å²) in [6.45, 7) is -1.61. The molecule has 0 atom stereocenters. The highest BCUT2D eigenvalue weighted by Crippen LogP contribution is 2.20. The van der Waals surface area contributed by atoms with Gasteiger partial charge in [-0.3, -0.25) is 0 Å². The Bertz CT molecular complexity index is 457. The standard InChI is InChI=1S/C12H10F4O2/c13-11-7-10(18-8-12(14,15)16)5-4-9(11)3-1-2-6-17/h4-5,7,17H,2,6,8H2. The van der Waals surface area contributed by atoms with Crippen molar-refractivity contribution in [2.75, 3.05) is 13.2 Å². The topological polar surface area (TPSA) is 29.5 Å². The van der Waals surface area contributed by atoms with Crippen molar-refractivity contribution in [1.82, 2.24) is 0 Å². The Labute approximate surface area is 101 Å². The predicted molar refractivity (Wildman–Crippen MR) is 56.5 cm³/mol. The van der Waals surface area contributed by atoms with Crippen LogP contribution >= 0.6 is 0 Å². The molecule has 18 heavy (non-hydrogen) atoms. The minimum absolute atomic E-state index is 0.0443. The van der Waals surface area contributed by atoms with Crippen molar-refractivity contribution in [3.63, 3.8) is 0 Å². The van der Waals surface area contributed by atoms with Gasteiger partial charge in [-0.15, -0.1) is 0 Å². The van der Waals surface area contributed by atoms with Crippen LogP contribution in [0.4, 0.5) is 17.6 Å². The molecule has 0 aliphatic heterocycles. The van der Waals surface area contributed by atoms with Crippen LogP contribution in [-0.2, 0) is 0 Å². The Morgan fingerprint density at radius 3 is 2.56 bits per heavy atom. The van der Waals surface area contributed by atoms with Crippen molar-refractivity contribution in [2.45, 2.75) is 12.6 Å². The van der Waals surface area contributed by atoms with Crippen LogP contribution in [0.1, 0.15) is 12.0 Å². The normalized spacial score (nSPS) is 10.7. The summed E-state index contributed by atoms with van der Waals surface area (Å²) in [4.78, 5) is 0. The Hall–Kier alpha value is -1.74.